The van der Waals surface area contributed by atoms with E-state index in [0.29, 0.717) is 10.5 Å². The van der Waals surface area contributed by atoms with Gasteiger partial charge in [0.25, 0.3) is 0 Å². The van der Waals surface area contributed by atoms with Crippen LogP contribution in [-0.2, 0) is 0 Å². The molecular formula is C8H8N4S. The first kappa shape index (κ1) is 8.12. The number of hydrogen-bond acceptors (Lipinski definition) is 3. The maximum absolute atomic E-state index is 5.12. The molecule has 5 heteroatoms. The van der Waals surface area contributed by atoms with Gasteiger partial charge in [-0.3, -0.25) is 5.10 Å². The fourth-order valence-electron chi connectivity index (χ4n) is 1.10. The van der Waals surface area contributed by atoms with Gasteiger partial charge in [-0.2, -0.15) is 5.10 Å². The number of nitrogens with one attached hydrogen (secondary N) is 1. The smallest absolute Gasteiger partial charge is 0.175 e. The fraction of sp³-hybridized carbons (Fsp3) is 0.125. The summed E-state index contributed by atoms with van der Waals surface area (Å²) in [6.07, 6.45) is 1.63. The molecule has 2 aromatic heterocycles. The second-order valence-corrected chi connectivity index (χ2v) is 3.11. The lowest BCUT2D eigenvalue weighted by molar-refractivity contribution is 0.795. The van der Waals surface area contributed by atoms with Crippen LogP contribution in [0.2, 0.25) is 0 Å². The zero-order valence-electron chi connectivity index (χ0n) is 7.06. The summed E-state index contributed by atoms with van der Waals surface area (Å²) in [7, 11) is 0. The van der Waals surface area contributed by atoms with Crippen LogP contribution < -0.4 is 0 Å². The molecule has 4 nitrogen and oxygen atoms in total. The Hall–Kier alpha value is -1.49. The molecule has 0 saturated heterocycles. The van der Waals surface area contributed by atoms with E-state index in [2.05, 4.69) is 15.3 Å². The second kappa shape index (κ2) is 3.10. The minimum atomic E-state index is 0.706. The van der Waals surface area contributed by atoms with Gasteiger partial charge >= 0.3 is 0 Å². The topological polar surface area (TPSA) is 46.5 Å². The molecule has 0 radical (unpaired) electrons. The highest BCUT2D eigenvalue weighted by Gasteiger charge is 1.99. The van der Waals surface area contributed by atoms with Crippen molar-refractivity contribution in [3.8, 4) is 5.82 Å². The van der Waals surface area contributed by atoms with Crippen LogP contribution in [0, 0.1) is 11.6 Å². The van der Waals surface area contributed by atoms with Gasteiger partial charge in [0.05, 0.1) is 0 Å². The maximum atomic E-state index is 5.12. The van der Waals surface area contributed by atoms with Crippen molar-refractivity contribution in [1.29, 1.82) is 0 Å². The molecule has 2 rings (SSSR count). The largest absolute Gasteiger partial charge is 0.296 e. The Morgan fingerprint density at radius 1 is 1.54 bits per heavy atom. The zero-order valence-corrected chi connectivity index (χ0v) is 7.88. The Bertz CT molecular complexity index is 456. The number of aryl methyl sites for hydroxylation is 1. The Morgan fingerprint density at radius 3 is 2.92 bits per heavy atom. The Labute approximate surface area is 80.2 Å². The van der Waals surface area contributed by atoms with Gasteiger partial charge < -0.3 is 0 Å². The first-order valence-corrected chi connectivity index (χ1v) is 4.25. The molecule has 2 aromatic rings. The second-order valence-electron chi connectivity index (χ2n) is 2.69. The Kier molecular flexibility index (Phi) is 1.94. The first-order valence-electron chi connectivity index (χ1n) is 3.84. The standard InChI is InChI=1S/C8H8N4S/c1-6-5-8(13)12(11-6)7-3-2-4-9-10-7/h2-5,11H,1H3. The molecule has 0 spiro atoms. The highest BCUT2D eigenvalue weighted by molar-refractivity contribution is 7.71. The minimum Gasteiger partial charge on any atom is -0.296 e. The van der Waals surface area contributed by atoms with Crippen LogP contribution in [0.25, 0.3) is 5.82 Å². The quantitative estimate of drug-likeness (QED) is 0.698. The summed E-state index contributed by atoms with van der Waals surface area (Å²) in [5, 5.41) is 10.8. The number of rotatable bonds is 1. The third-order valence-electron chi connectivity index (χ3n) is 1.64. The van der Waals surface area contributed by atoms with E-state index in [0.717, 1.165) is 5.69 Å². The summed E-state index contributed by atoms with van der Waals surface area (Å²) in [4.78, 5) is 0. The lowest BCUT2D eigenvalue weighted by Gasteiger charge is -1.98. The average Bonchev–Trinajstić information content (AvgIpc) is 2.47. The van der Waals surface area contributed by atoms with Gasteiger partial charge in [0.15, 0.2) is 5.82 Å². The van der Waals surface area contributed by atoms with Gasteiger partial charge in [0.1, 0.15) is 4.64 Å². The van der Waals surface area contributed by atoms with E-state index in [9.17, 15) is 0 Å². The van der Waals surface area contributed by atoms with Gasteiger partial charge in [0, 0.05) is 11.9 Å². The highest BCUT2D eigenvalue weighted by atomic mass is 32.1. The number of hydrogen-bond donors (Lipinski definition) is 1. The molecule has 0 unspecified atom stereocenters. The van der Waals surface area contributed by atoms with Crippen LogP contribution in [0.15, 0.2) is 24.4 Å². The number of nitrogens with zero attached hydrogens (tertiary/aromatic N) is 3. The predicted molar refractivity (Wildman–Crippen MR) is 51.3 cm³/mol. The van der Waals surface area contributed by atoms with Crippen molar-refractivity contribution in [3.05, 3.63) is 34.7 Å². The van der Waals surface area contributed by atoms with Crippen molar-refractivity contribution in [1.82, 2.24) is 20.0 Å². The average molecular weight is 192 g/mol. The van der Waals surface area contributed by atoms with Crippen molar-refractivity contribution >= 4 is 12.2 Å². The molecular weight excluding hydrogens is 184 g/mol. The SMILES string of the molecule is Cc1cc(=S)n(-c2cccnn2)[nH]1. The Morgan fingerprint density at radius 2 is 2.38 bits per heavy atom. The van der Waals surface area contributed by atoms with Gasteiger partial charge in [0.2, 0.25) is 0 Å². The zero-order chi connectivity index (χ0) is 9.26. The highest BCUT2D eigenvalue weighted by Crippen LogP contribution is 2.04. The molecule has 0 bridgehead atoms. The predicted octanol–water partition coefficient (Wildman–Crippen LogP) is 1.63. The van der Waals surface area contributed by atoms with Crippen LogP contribution in [-0.4, -0.2) is 20.0 Å². The van der Waals surface area contributed by atoms with Crippen molar-refractivity contribution in [2.45, 2.75) is 6.92 Å². The maximum Gasteiger partial charge on any atom is 0.175 e. The molecule has 0 saturated carbocycles. The van der Waals surface area contributed by atoms with E-state index in [1.54, 1.807) is 10.9 Å². The third kappa shape index (κ3) is 1.50. The lowest BCUT2D eigenvalue weighted by Crippen LogP contribution is -2.00. The van der Waals surface area contributed by atoms with Crippen LogP contribution >= 0.6 is 12.2 Å². The van der Waals surface area contributed by atoms with Crippen LogP contribution in [0.3, 0.4) is 0 Å². The summed E-state index contributed by atoms with van der Waals surface area (Å²) in [5.41, 5.74) is 1.01. The minimum absolute atomic E-state index is 0.706. The van der Waals surface area contributed by atoms with E-state index < -0.39 is 0 Å². The van der Waals surface area contributed by atoms with Gasteiger partial charge in [-0.15, -0.1) is 5.10 Å². The molecule has 0 aliphatic carbocycles. The van der Waals surface area contributed by atoms with Crippen LogP contribution in [0.1, 0.15) is 5.69 Å². The van der Waals surface area contributed by atoms with Gasteiger partial charge in [-0.1, -0.05) is 12.2 Å². The number of aromatic nitrogens is 4. The molecule has 66 valence electrons. The summed E-state index contributed by atoms with van der Waals surface area (Å²) in [6.45, 7) is 1.95. The fourth-order valence-corrected chi connectivity index (χ4v) is 1.41. The number of aromatic amines is 1. The van der Waals surface area contributed by atoms with E-state index in [1.165, 1.54) is 0 Å². The van der Waals surface area contributed by atoms with Crippen molar-refractivity contribution in [3.63, 3.8) is 0 Å². The summed E-state index contributed by atoms with van der Waals surface area (Å²) >= 11 is 5.12. The van der Waals surface area contributed by atoms with E-state index in [-0.39, 0.29) is 0 Å². The van der Waals surface area contributed by atoms with Gasteiger partial charge in [-0.25, -0.2) is 4.68 Å². The Balaban J connectivity index is 2.59. The van der Waals surface area contributed by atoms with Crippen LogP contribution in [0.5, 0.6) is 0 Å². The molecule has 0 fully saturated rings. The molecule has 0 atom stereocenters. The molecule has 13 heavy (non-hydrogen) atoms. The molecule has 2 heterocycles. The van der Waals surface area contributed by atoms with E-state index in [4.69, 9.17) is 12.2 Å². The summed E-state index contributed by atoms with van der Waals surface area (Å²) in [5.74, 6) is 0.709. The lowest BCUT2D eigenvalue weighted by atomic mass is 10.5. The molecule has 0 aliphatic heterocycles. The van der Waals surface area contributed by atoms with Crippen molar-refractivity contribution < 1.29 is 0 Å². The van der Waals surface area contributed by atoms with Gasteiger partial charge in [-0.05, 0) is 25.1 Å². The first-order chi connectivity index (χ1) is 6.27. The van der Waals surface area contributed by atoms with Crippen molar-refractivity contribution in [2.75, 3.05) is 0 Å². The third-order valence-corrected chi connectivity index (χ3v) is 1.94. The van der Waals surface area contributed by atoms with Crippen LogP contribution in [0.4, 0.5) is 0 Å². The number of H-pyrrole nitrogens is 1. The van der Waals surface area contributed by atoms with E-state index in [1.807, 2.05) is 25.1 Å². The van der Waals surface area contributed by atoms with Crippen molar-refractivity contribution in [2.24, 2.45) is 0 Å². The molecule has 0 aliphatic rings. The van der Waals surface area contributed by atoms with E-state index >= 15 is 0 Å². The summed E-state index contributed by atoms with van der Waals surface area (Å²) < 4.78 is 2.43. The molecule has 1 N–H and O–H groups in total. The normalized spacial score (nSPS) is 10.2. The molecule has 0 amide bonds. The molecule has 0 aromatic carbocycles. The monoisotopic (exact) mass is 192 g/mol. The summed E-state index contributed by atoms with van der Waals surface area (Å²) in [6, 6.07) is 5.54.